The Morgan fingerprint density at radius 2 is 2.05 bits per heavy atom. The molecule has 1 aliphatic rings. The molecule has 0 radical (unpaired) electrons. The third kappa shape index (κ3) is 2.30. The van der Waals surface area contributed by atoms with Crippen molar-refractivity contribution in [1.29, 1.82) is 0 Å². The second-order valence-corrected chi connectivity index (χ2v) is 6.68. The zero-order valence-electron chi connectivity index (χ0n) is 12.0. The van der Waals surface area contributed by atoms with E-state index in [1.165, 1.54) is 15.3 Å². The fourth-order valence-electron chi connectivity index (χ4n) is 2.77. The van der Waals surface area contributed by atoms with Crippen molar-refractivity contribution in [3.63, 3.8) is 0 Å². The lowest BCUT2D eigenvalue weighted by atomic mass is 9.93. The van der Waals surface area contributed by atoms with Crippen LogP contribution in [0.2, 0.25) is 0 Å². The average Bonchev–Trinajstić information content (AvgIpc) is 2.77. The maximum atomic E-state index is 6.32. The maximum Gasteiger partial charge on any atom is 0.127 e. The van der Waals surface area contributed by atoms with Crippen LogP contribution < -0.4 is 15.2 Å². The molecule has 0 fully saturated rings. The Kier molecular flexibility index (Phi) is 3.44. The lowest BCUT2D eigenvalue weighted by Crippen LogP contribution is -2.24. The van der Waals surface area contributed by atoms with Crippen LogP contribution in [0, 0.1) is 13.8 Å². The van der Waals surface area contributed by atoms with Crippen molar-refractivity contribution in [2.45, 2.75) is 32.4 Å². The molecular formula is C16H19NO2S. The largest absolute Gasteiger partial charge is 0.497 e. The quantitative estimate of drug-likeness (QED) is 0.912. The Hall–Kier alpha value is -1.52. The van der Waals surface area contributed by atoms with E-state index >= 15 is 0 Å². The molecule has 0 saturated heterocycles. The molecular weight excluding hydrogens is 270 g/mol. The number of ether oxygens (including phenoxy) is 2. The number of benzene rings is 1. The first-order valence-corrected chi connectivity index (χ1v) is 7.57. The van der Waals surface area contributed by atoms with Crippen molar-refractivity contribution in [2.75, 3.05) is 7.11 Å². The van der Waals surface area contributed by atoms with E-state index in [-0.39, 0.29) is 12.1 Å². The van der Waals surface area contributed by atoms with Crippen molar-refractivity contribution in [1.82, 2.24) is 0 Å². The summed E-state index contributed by atoms with van der Waals surface area (Å²) in [6, 6.07) is 8.04. The summed E-state index contributed by atoms with van der Waals surface area (Å²) >= 11 is 1.81. The van der Waals surface area contributed by atoms with Gasteiger partial charge in [0.2, 0.25) is 0 Å². The highest BCUT2D eigenvalue weighted by Crippen LogP contribution is 2.43. The number of hydrogen-bond donors (Lipinski definition) is 1. The molecule has 2 N–H and O–H groups in total. The topological polar surface area (TPSA) is 44.5 Å². The molecule has 1 aromatic carbocycles. The number of thiophene rings is 1. The van der Waals surface area contributed by atoms with E-state index in [1.54, 1.807) is 7.11 Å². The van der Waals surface area contributed by atoms with Gasteiger partial charge in [0.1, 0.15) is 17.6 Å². The third-order valence-electron chi connectivity index (χ3n) is 3.78. The predicted octanol–water partition coefficient (Wildman–Crippen LogP) is 3.90. The minimum Gasteiger partial charge on any atom is -0.497 e. The van der Waals surface area contributed by atoms with Crippen molar-refractivity contribution >= 4 is 11.3 Å². The highest BCUT2D eigenvalue weighted by atomic mass is 32.1. The zero-order valence-corrected chi connectivity index (χ0v) is 12.8. The fourth-order valence-corrected chi connectivity index (χ4v) is 3.75. The Morgan fingerprint density at radius 3 is 2.70 bits per heavy atom. The van der Waals surface area contributed by atoms with Gasteiger partial charge in [-0.2, -0.15) is 0 Å². The molecule has 0 saturated carbocycles. The van der Waals surface area contributed by atoms with Gasteiger partial charge in [-0.1, -0.05) is 0 Å². The Balaban J connectivity index is 1.94. The minimum atomic E-state index is -0.0153. The molecule has 3 nitrogen and oxygen atoms in total. The highest BCUT2D eigenvalue weighted by Gasteiger charge is 2.29. The number of hydrogen-bond acceptors (Lipinski definition) is 4. The molecule has 1 aromatic heterocycles. The first kappa shape index (κ1) is 13.5. The van der Waals surface area contributed by atoms with Gasteiger partial charge in [-0.25, -0.2) is 0 Å². The van der Waals surface area contributed by atoms with Gasteiger partial charge in [-0.05, 0) is 38.1 Å². The van der Waals surface area contributed by atoms with Crippen molar-refractivity contribution in [3.05, 3.63) is 45.1 Å². The molecule has 0 aliphatic carbocycles. The van der Waals surface area contributed by atoms with Gasteiger partial charge in [0, 0.05) is 33.3 Å². The summed E-state index contributed by atoms with van der Waals surface area (Å²) in [5.74, 6) is 1.70. The van der Waals surface area contributed by atoms with Crippen LogP contribution in [0.15, 0.2) is 24.3 Å². The van der Waals surface area contributed by atoms with E-state index < -0.39 is 0 Å². The molecule has 20 heavy (non-hydrogen) atoms. The molecule has 4 heteroatoms. The molecule has 0 amide bonds. The third-order valence-corrected chi connectivity index (χ3v) is 4.76. The normalized spacial score (nSPS) is 21.2. The summed E-state index contributed by atoms with van der Waals surface area (Å²) < 4.78 is 11.4. The van der Waals surface area contributed by atoms with E-state index in [2.05, 4.69) is 19.9 Å². The monoisotopic (exact) mass is 289 g/mol. The van der Waals surface area contributed by atoms with Crippen LogP contribution in [0.3, 0.4) is 0 Å². The summed E-state index contributed by atoms with van der Waals surface area (Å²) in [5, 5.41) is 0. The second-order valence-electron chi connectivity index (χ2n) is 5.22. The molecule has 0 spiro atoms. The number of rotatable bonds is 2. The van der Waals surface area contributed by atoms with Crippen molar-refractivity contribution < 1.29 is 9.47 Å². The standard InChI is InChI=1S/C16H19NO2S/c1-9-6-12(10(2)20-9)16-8-14(17)13-7-11(18-3)4-5-15(13)19-16/h4-7,14,16H,8,17H2,1-3H3. The molecule has 3 rings (SSSR count). The Labute approximate surface area is 123 Å². The molecule has 1 aliphatic heterocycles. The number of aryl methyl sites for hydroxylation is 2. The van der Waals surface area contributed by atoms with E-state index in [4.69, 9.17) is 15.2 Å². The lowest BCUT2D eigenvalue weighted by molar-refractivity contribution is 0.161. The van der Waals surface area contributed by atoms with Gasteiger partial charge >= 0.3 is 0 Å². The number of methoxy groups -OCH3 is 1. The van der Waals surface area contributed by atoms with Gasteiger partial charge in [0.15, 0.2) is 0 Å². The molecule has 2 unspecified atom stereocenters. The van der Waals surface area contributed by atoms with Gasteiger partial charge in [-0.3, -0.25) is 0 Å². The number of nitrogens with two attached hydrogens (primary N) is 1. The summed E-state index contributed by atoms with van der Waals surface area (Å²) in [6.07, 6.45) is 0.854. The van der Waals surface area contributed by atoms with Crippen LogP contribution >= 0.6 is 11.3 Å². The van der Waals surface area contributed by atoms with Crippen molar-refractivity contribution in [3.8, 4) is 11.5 Å². The SMILES string of the molecule is COc1ccc2c(c1)C(N)CC(c1cc(C)sc1C)O2. The molecule has 106 valence electrons. The first-order chi connectivity index (χ1) is 9.58. The summed E-state index contributed by atoms with van der Waals surface area (Å²) in [5.41, 5.74) is 8.62. The van der Waals surface area contributed by atoms with E-state index in [9.17, 15) is 0 Å². The minimum absolute atomic E-state index is 0.0153. The van der Waals surface area contributed by atoms with Gasteiger partial charge in [-0.15, -0.1) is 11.3 Å². The first-order valence-electron chi connectivity index (χ1n) is 6.75. The van der Waals surface area contributed by atoms with Crippen LogP contribution in [0.1, 0.15) is 39.4 Å². The van der Waals surface area contributed by atoms with Crippen LogP contribution in [0.25, 0.3) is 0 Å². The predicted molar refractivity (Wildman–Crippen MR) is 81.7 cm³/mol. The molecule has 2 aromatic rings. The van der Waals surface area contributed by atoms with Gasteiger partial charge in [0.25, 0.3) is 0 Å². The maximum absolute atomic E-state index is 6.32. The van der Waals surface area contributed by atoms with Gasteiger partial charge < -0.3 is 15.2 Å². The fraction of sp³-hybridized carbons (Fsp3) is 0.375. The summed E-state index contributed by atoms with van der Waals surface area (Å²) in [4.78, 5) is 2.63. The number of fused-ring (bicyclic) bond motifs is 1. The zero-order chi connectivity index (χ0) is 14.3. The van der Waals surface area contributed by atoms with E-state index in [0.717, 1.165) is 23.5 Å². The van der Waals surface area contributed by atoms with Crippen LogP contribution in [0.5, 0.6) is 11.5 Å². The second kappa shape index (κ2) is 5.11. The summed E-state index contributed by atoms with van der Waals surface area (Å²) in [7, 11) is 1.66. The smallest absolute Gasteiger partial charge is 0.127 e. The van der Waals surface area contributed by atoms with E-state index in [0.29, 0.717) is 0 Å². The molecule has 2 heterocycles. The van der Waals surface area contributed by atoms with Crippen LogP contribution in [0.4, 0.5) is 0 Å². The average molecular weight is 289 g/mol. The highest BCUT2D eigenvalue weighted by molar-refractivity contribution is 7.12. The Morgan fingerprint density at radius 1 is 1.25 bits per heavy atom. The van der Waals surface area contributed by atoms with E-state index in [1.807, 2.05) is 29.5 Å². The Bertz CT molecular complexity index is 635. The van der Waals surface area contributed by atoms with Gasteiger partial charge in [0.05, 0.1) is 7.11 Å². The molecule has 0 bridgehead atoms. The van der Waals surface area contributed by atoms with Crippen LogP contribution in [-0.4, -0.2) is 7.11 Å². The lowest BCUT2D eigenvalue weighted by Gasteiger charge is -2.30. The summed E-state index contributed by atoms with van der Waals surface area (Å²) in [6.45, 7) is 4.27. The molecule has 2 atom stereocenters. The van der Waals surface area contributed by atoms with Crippen molar-refractivity contribution in [2.24, 2.45) is 5.73 Å². The van der Waals surface area contributed by atoms with Crippen LogP contribution in [-0.2, 0) is 0 Å².